The predicted molar refractivity (Wildman–Crippen MR) is 200 cm³/mol. The number of benzene rings is 3. The van der Waals surface area contributed by atoms with E-state index in [0.717, 1.165) is 47.4 Å². The SMILES string of the molecule is CN=CN=C(N)c1ccc(C2=CCN(C(=O)CN3CC[C@]4(CCN(c5ccc(N)c(C(=N)c6ccc(OC(C)C)cc6)c5)C4=O)C3)CC2)cc1. The minimum Gasteiger partial charge on any atom is -0.491 e. The molecule has 3 aliphatic rings. The number of aliphatic imine (C=N–C) groups is 2. The van der Waals surface area contributed by atoms with Crippen molar-refractivity contribution in [3.8, 4) is 5.75 Å². The maximum atomic E-state index is 14.0. The summed E-state index contributed by atoms with van der Waals surface area (Å²) in [5.41, 5.74) is 17.8. The second-order valence-corrected chi connectivity index (χ2v) is 13.6. The second kappa shape index (κ2) is 14.7. The molecule has 3 aromatic carbocycles. The lowest BCUT2D eigenvalue weighted by atomic mass is 9.85. The molecule has 6 rings (SSSR count). The number of likely N-dealkylation sites (tertiary alicyclic amines) is 1. The minimum atomic E-state index is -0.514. The van der Waals surface area contributed by atoms with Crippen molar-refractivity contribution in [1.29, 1.82) is 5.41 Å². The summed E-state index contributed by atoms with van der Waals surface area (Å²) in [5.74, 6) is 1.32. The Kier molecular flexibility index (Phi) is 10.1. The number of amides is 2. The maximum absolute atomic E-state index is 14.0. The lowest BCUT2D eigenvalue weighted by Gasteiger charge is -2.29. The summed E-state index contributed by atoms with van der Waals surface area (Å²) in [6.45, 7) is 7.31. The highest BCUT2D eigenvalue weighted by atomic mass is 16.5. The van der Waals surface area contributed by atoms with Crippen LogP contribution in [0.4, 0.5) is 11.4 Å². The van der Waals surface area contributed by atoms with Gasteiger partial charge in [0.15, 0.2) is 0 Å². The number of rotatable bonds is 10. The van der Waals surface area contributed by atoms with Gasteiger partial charge in [0.25, 0.3) is 0 Å². The number of nitrogens with two attached hydrogens (primary N) is 2. The van der Waals surface area contributed by atoms with Crippen LogP contribution in [0.2, 0.25) is 0 Å². The molecule has 2 fully saturated rings. The third kappa shape index (κ3) is 7.33. The normalized spacial score (nSPS) is 20.0. The second-order valence-electron chi connectivity index (χ2n) is 13.6. The van der Waals surface area contributed by atoms with Gasteiger partial charge in [0, 0.05) is 61.3 Å². The molecule has 0 aliphatic carbocycles. The number of carbonyl (C=O) groups excluding carboxylic acids is 2. The summed E-state index contributed by atoms with van der Waals surface area (Å²) in [5, 5.41) is 8.89. The van der Waals surface area contributed by atoms with Crippen LogP contribution in [0.5, 0.6) is 5.75 Å². The van der Waals surface area contributed by atoms with E-state index in [2.05, 4.69) is 21.0 Å². The van der Waals surface area contributed by atoms with Gasteiger partial charge in [0.1, 0.15) is 17.9 Å². The van der Waals surface area contributed by atoms with Crippen LogP contribution in [0.3, 0.4) is 0 Å². The number of hydrogen-bond acceptors (Lipinski definition) is 7. The zero-order valence-corrected chi connectivity index (χ0v) is 29.1. The average molecular weight is 675 g/mol. The number of ether oxygens (including phenoxy) is 1. The molecule has 11 nitrogen and oxygen atoms in total. The molecule has 0 saturated carbocycles. The Morgan fingerprint density at radius 2 is 1.74 bits per heavy atom. The smallest absolute Gasteiger partial charge is 0.237 e. The molecule has 3 aromatic rings. The minimum absolute atomic E-state index is 0.0620. The van der Waals surface area contributed by atoms with Crippen molar-refractivity contribution in [2.24, 2.45) is 21.1 Å². The van der Waals surface area contributed by atoms with Crippen LogP contribution >= 0.6 is 0 Å². The first-order chi connectivity index (χ1) is 24.1. The molecule has 2 amide bonds. The highest BCUT2D eigenvalue weighted by molar-refractivity contribution is 6.15. The van der Waals surface area contributed by atoms with Crippen molar-refractivity contribution in [3.63, 3.8) is 0 Å². The molecule has 0 aromatic heterocycles. The zero-order chi connectivity index (χ0) is 35.4. The molecule has 1 atom stereocenters. The van der Waals surface area contributed by atoms with Gasteiger partial charge in [-0.15, -0.1) is 0 Å². The molecule has 1 spiro atoms. The Morgan fingerprint density at radius 3 is 2.42 bits per heavy atom. The lowest BCUT2D eigenvalue weighted by molar-refractivity contribution is -0.132. The highest BCUT2D eigenvalue weighted by Gasteiger charge is 2.51. The van der Waals surface area contributed by atoms with Crippen LogP contribution in [-0.4, -0.2) is 91.9 Å². The van der Waals surface area contributed by atoms with Crippen molar-refractivity contribution < 1.29 is 14.3 Å². The monoisotopic (exact) mass is 674 g/mol. The van der Waals surface area contributed by atoms with Gasteiger partial charge in [-0.25, -0.2) is 4.99 Å². The van der Waals surface area contributed by atoms with E-state index in [4.69, 9.17) is 21.6 Å². The van der Waals surface area contributed by atoms with Crippen LogP contribution in [0.25, 0.3) is 5.57 Å². The fourth-order valence-corrected chi connectivity index (χ4v) is 7.09. The first-order valence-electron chi connectivity index (χ1n) is 17.2. The van der Waals surface area contributed by atoms with E-state index in [9.17, 15) is 9.59 Å². The van der Waals surface area contributed by atoms with E-state index in [1.54, 1.807) is 13.1 Å². The third-order valence-corrected chi connectivity index (χ3v) is 9.86. The van der Waals surface area contributed by atoms with Crippen LogP contribution in [0.15, 0.2) is 82.8 Å². The summed E-state index contributed by atoms with van der Waals surface area (Å²) < 4.78 is 5.74. The number of anilines is 2. The molecule has 3 aliphatic heterocycles. The summed E-state index contributed by atoms with van der Waals surface area (Å²) in [6, 6.07) is 20.9. The fraction of sp³-hybridized carbons (Fsp3) is 0.359. The lowest BCUT2D eigenvalue weighted by Crippen LogP contribution is -2.43. The Balaban J connectivity index is 1.05. The third-order valence-electron chi connectivity index (χ3n) is 9.86. The van der Waals surface area contributed by atoms with Gasteiger partial charge in [0.05, 0.1) is 23.8 Å². The standard InChI is InChI=1S/C39H46N8O3/c1-26(2)50-32-11-8-29(9-12-32)36(41)33-22-31(10-13-34(33)40)47-21-17-39(38(47)49)16-20-45(24-39)23-35(48)46-18-14-28(15-19-46)27-4-6-30(7-5-27)37(42)44-25-43-3/h4-14,22,25-26,41H,15-21,23-24,40H2,1-3H3,(H2,42,43,44)/t39-/m0/s1. The fourth-order valence-electron chi connectivity index (χ4n) is 7.09. The molecule has 260 valence electrons. The van der Waals surface area contributed by atoms with Gasteiger partial charge < -0.3 is 26.0 Å². The van der Waals surface area contributed by atoms with Gasteiger partial charge >= 0.3 is 0 Å². The zero-order valence-electron chi connectivity index (χ0n) is 29.1. The van der Waals surface area contributed by atoms with Crippen LogP contribution in [-0.2, 0) is 9.59 Å². The quantitative estimate of drug-likeness (QED) is 0.163. The van der Waals surface area contributed by atoms with Gasteiger partial charge in [-0.05, 0) is 93.3 Å². The van der Waals surface area contributed by atoms with Crippen molar-refractivity contribution in [2.45, 2.75) is 39.2 Å². The molecule has 50 heavy (non-hydrogen) atoms. The van der Waals surface area contributed by atoms with E-state index in [1.807, 2.05) is 84.3 Å². The first kappa shape index (κ1) is 34.6. The predicted octanol–water partition coefficient (Wildman–Crippen LogP) is 4.58. The Bertz CT molecular complexity index is 1850. The number of carbonyl (C=O) groups is 2. The van der Waals surface area contributed by atoms with E-state index in [0.29, 0.717) is 62.1 Å². The van der Waals surface area contributed by atoms with Crippen molar-refractivity contribution in [3.05, 3.63) is 95.1 Å². The van der Waals surface area contributed by atoms with Gasteiger partial charge in [-0.1, -0.05) is 30.3 Å². The van der Waals surface area contributed by atoms with Gasteiger partial charge in [-0.3, -0.25) is 24.9 Å². The average Bonchev–Trinajstić information content (AvgIpc) is 3.68. The summed E-state index contributed by atoms with van der Waals surface area (Å²) in [6.07, 6.45) is 5.83. The van der Waals surface area contributed by atoms with Gasteiger partial charge in [-0.2, -0.15) is 0 Å². The van der Waals surface area contributed by atoms with Crippen molar-refractivity contribution >= 4 is 46.6 Å². The molecule has 11 heteroatoms. The number of amidine groups is 1. The highest BCUT2D eigenvalue weighted by Crippen LogP contribution is 2.43. The van der Waals surface area contributed by atoms with E-state index >= 15 is 0 Å². The number of nitrogens with one attached hydrogen (secondary N) is 1. The molecular weight excluding hydrogens is 628 g/mol. The molecule has 3 heterocycles. The first-order valence-corrected chi connectivity index (χ1v) is 17.2. The van der Waals surface area contributed by atoms with E-state index in [1.165, 1.54) is 11.9 Å². The molecule has 0 unspecified atom stereocenters. The molecule has 0 radical (unpaired) electrons. The molecule has 5 N–H and O–H groups in total. The van der Waals surface area contributed by atoms with E-state index < -0.39 is 5.41 Å². The van der Waals surface area contributed by atoms with Crippen LogP contribution < -0.4 is 21.1 Å². The van der Waals surface area contributed by atoms with Crippen molar-refractivity contribution in [1.82, 2.24) is 9.80 Å². The summed E-state index contributed by atoms with van der Waals surface area (Å²) >= 11 is 0. The van der Waals surface area contributed by atoms with E-state index in [-0.39, 0.29) is 17.9 Å². The maximum Gasteiger partial charge on any atom is 0.237 e. The topological polar surface area (TPSA) is 154 Å². The van der Waals surface area contributed by atoms with Crippen molar-refractivity contribution in [2.75, 3.05) is 56.9 Å². The Labute approximate surface area is 293 Å². The number of hydrogen-bond donors (Lipinski definition) is 3. The summed E-state index contributed by atoms with van der Waals surface area (Å²) in [7, 11) is 1.65. The van der Waals surface area contributed by atoms with Gasteiger partial charge in [0.2, 0.25) is 11.8 Å². The summed E-state index contributed by atoms with van der Waals surface area (Å²) in [4.78, 5) is 41.2. The Morgan fingerprint density at radius 1 is 1.02 bits per heavy atom. The largest absolute Gasteiger partial charge is 0.491 e. The van der Waals surface area contributed by atoms with Crippen LogP contribution in [0.1, 0.15) is 55.4 Å². The van der Waals surface area contributed by atoms with Crippen LogP contribution in [0, 0.1) is 10.8 Å². The number of nitrogen functional groups attached to an aromatic ring is 1. The molecule has 0 bridgehead atoms. The molecular formula is C39H46N8O3. The Hall–Kier alpha value is -5.29. The molecule has 2 saturated heterocycles. The number of nitrogens with zero attached hydrogens (tertiary/aromatic N) is 5.